The summed E-state index contributed by atoms with van der Waals surface area (Å²) < 4.78 is 0. The number of rotatable bonds is 5. The Morgan fingerprint density at radius 3 is 2.62 bits per heavy atom. The zero-order chi connectivity index (χ0) is 14.7. The first-order valence-electron chi connectivity index (χ1n) is 8.75. The highest BCUT2D eigenvalue weighted by atomic mass is 15.2. The third-order valence-corrected chi connectivity index (χ3v) is 5.16. The maximum Gasteiger partial charge on any atom is 0.0464 e. The van der Waals surface area contributed by atoms with Crippen LogP contribution in [0.25, 0.3) is 0 Å². The van der Waals surface area contributed by atoms with Crippen LogP contribution in [-0.4, -0.2) is 47.5 Å². The molecule has 0 spiro atoms. The molecule has 0 bridgehead atoms. The molecular formula is C18H29N3. The normalized spacial score (nSPS) is 18.6. The minimum atomic E-state index is 1.11. The largest absolute Gasteiger partial charge is 0.303 e. The molecule has 0 fully saturated rings. The quantitative estimate of drug-likeness (QED) is 0.830. The molecule has 3 rings (SSSR count). The second-order valence-corrected chi connectivity index (χ2v) is 6.46. The van der Waals surface area contributed by atoms with E-state index in [1.807, 2.05) is 0 Å². The van der Waals surface area contributed by atoms with Crippen LogP contribution in [0.15, 0.2) is 6.07 Å². The molecule has 0 unspecified atom stereocenters. The van der Waals surface area contributed by atoms with Crippen molar-refractivity contribution in [1.82, 2.24) is 14.8 Å². The summed E-state index contributed by atoms with van der Waals surface area (Å²) in [7, 11) is 0. The van der Waals surface area contributed by atoms with Crippen LogP contribution in [0.5, 0.6) is 0 Å². The summed E-state index contributed by atoms with van der Waals surface area (Å²) in [5.74, 6) is 0. The topological polar surface area (TPSA) is 19.4 Å². The molecule has 0 atom stereocenters. The molecule has 0 saturated carbocycles. The molecule has 1 aliphatic heterocycles. The number of likely N-dealkylation sites (N-methyl/N-ethyl adjacent to an activating group) is 1. The SMILES string of the molecule is CCN(CC)CCN1CCc2nc3c(cc2C1)CCCC3. The van der Waals surface area contributed by atoms with Gasteiger partial charge in [-0.25, -0.2) is 0 Å². The lowest BCUT2D eigenvalue weighted by Crippen LogP contribution is -2.38. The van der Waals surface area contributed by atoms with Gasteiger partial charge in [0.15, 0.2) is 0 Å². The molecule has 1 aliphatic carbocycles. The fraction of sp³-hybridized carbons (Fsp3) is 0.722. The molecule has 0 amide bonds. The monoisotopic (exact) mass is 287 g/mol. The second-order valence-electron chi connectivity index (χ2n) is 6.46. The molecule has 3 heteroatoms. The Labute approximate surface area is 129 Å². The molecule has 2 aliphatic rings. The predicted molar refractivity (Wildman–Crippen MR) is 87.6 cm³/mol. The number of hydrogen-bond acceptors (Lipinski definition) is 3. The molecule has 1 aromatic heterocycles. The number of nitrogens with zero attached hydrogens (tertiary/aromatic N) is 3. The van der Waals surface area contributed by atoms with Gasteiger partial charge in [0.05, 0.1) is 0 Å². The standard InChI is InChI=1S/C18H29N3/c1-3-20(4-2)11-12-21-10-9-18-16(14-21)13-15-7-5-6-8-17(15)19-18/h13H,3-12,14H2,1-2H3. The van der Waals surface area contributed by atoms with Crippen LogP contribution in [0.3, 0.4) is 0 Å². The van der Waals surface area contributed by atoms with Crippen molar-refractivity contribution in [2.75, 3.05) is 32.7 Å². The summed E-state index contributed by atoms with van der Waals surface area (Å²) >= 11 is 0. The smallest absolute Gasteiger partial charge is 0.0464 e. The van der Waals surface area contributed by atoms with Crippen molar-refractivity contribution >= 4 is 0 Å². The molecule has 0 aromatic carbocycles. The fourth-order valence-corrected chi connectivity index (χ4v) is 3.68. The van der Waals surface area contributed by atoms with E-state index < -0.39 is 0 Å². The first-order chi connectivity index (χ1) is 10.3. The lowest BCUT2D eigenvalue weighted by molar-refractivity contribution is 0.200. The van der Waals surface area contributed by atoms with E-state index in [1.165, 1.54) is 67.8 Å². The van der Waals surface area contributed by atoms with Gasteiger partial charge in [0.2, 0.25) is 0 Å². The lowest BCUT2D eigenvalue weighted by Gasteiger charge is -2.31. The van der Waals surface area contributed by atoms with E-state index in [-0.39, 0.29) is 0 Å². The Hall–Kier alpha value is -0.930. The molecular weight excluding hydrogens is 258 g/mol. The molecule has 0 N–H and O–H groups in total. The van der Waals surface area contributed by atoms with Gasteiger partial charge in [0.25, 0.3) is 0 Å². The van der Waals surface area contributed by atoms with Crippen LogP contribution in [0.2, 0.25) is 0 Å². The Bertz CT molecular complexity index is 480. The Morgan fingerprint density at radius 1 is 1.05 bits per heavy atom. The average Bonchev–Trinajstić information content (AvgIpc) is 2.53. The molecule has 1 aromatic rings. The lowest BCUT2D eigenvalue weighted by atomic mass is 9.92. The van der Waals surface area contributed by atoms with Gasteiger partial charge in [-0.3, -0.25) is 9.88 Å². The zero-order valence-corrected chi connectivity index (χ0v) is 13.7. The Balaban J connectivity index is 1.65. The van der Waals surface area contributed by atoms with Crippen molar-refractivity contribution in [3.8, 4) is 0 Å². The van der Waals surface area contributed by atoms with Crippen molar-refractivity contribution in [3.63, 3.8) is 0 Å². The molecule has 116 valence electrons. The van der Waals surface area contributed by atoms with Gasteiger partial charge in [0, 0.05) is 44.0 Å². The first kappa shape index (κ1) is 15.0. The van der Waals surface area contributed by atoms with Gasteiger partial charge in [-0.1, -0.05) is 19.9 Å². The predicted octanol–water partition coefficient (Wildman–Crippen LogP) is 2.66. The van der Waals surface area contributed by atoms with Crippen LogP contribution < -0.4 is 0 Å². The Kier molecular flexibility index (Phi) is 4.91. The summed E-state index contributed by atoms with van der Waals surface area (Å²) in [6, 6.07) is 2.47. The van der Waals surface area contributed by atoms with Crippen molar-refractivity contribution in [1.29, 1.82) is 0 Å². The van der Waals surface area contributed by atoms with E-state index in [0.717, 1.165) is 26.1 Å². The summed E-state index contributed by atoms with van der Waals surface area (Å²) in [6.07, 6.45) is 6.26. The molecule has 21 heavy (non-hydrogen) atoms. The third-order valence-electron chi connectivity index (χ3n) is 5.16. The molecule has 3 nitrogen and oxygen atoms in total. The first-order valence-corrected chi connectivity index (χ1v) is 8.75. The summed E-state index contributed by atoms with van der Waals surface area (Å²) in [5.41, 5.74) is 5.82. The maximum absolute atomic E-state index is 4.98. The van der Waals surface area contributed by atoms with Crippen LogP contribution in [0.4, 0.5) is 0 Å². The highest BCUT2D eigenvalue weighted by Crippen LogP contribution is 2.25. The maximum atomic E-state index is 4.98. The summed E-state index contributed by atoms with van der Waals surface area (Å²) in [4.78, 5) is 10.1. The molecule has 2 heterocycles. The van der Waals surface area contributed by atoms with E-state index >= 15 is 0 Å². The van der Waals surface area contributed by atoms with Gasteiger partial charge >= 0.3 is 0 Å². The zero-order valence-electron chi connectivity index (χ0n) is 13.7. The number of fused-ring (bicyclic) bond motifs is 2. The van der Waals surface area contributed by atoms with Gasteiger partial charge < -0.3 is 4.90 Å². The van der Waals surface area contributed by atoms with Gasteiger partial charge in [-0.2, -0.15) is 0 Å². The summed E-state index contributed by atoms with van der Waals surface area (Å²) in [6.45, 7) is 11.5. The fourth-order valence-electron chi connectivity index (χ4n) is 3.68. The van der Waals surface area contributed by atoms with Crippen molar-refractivity contribution < 1.29 is 0 Å². The number of hydrogen-bond donors (Lipinski definition) is 0. The van der Waals surface area contributed by atoms with Crippen LogP contribution in [-0.2, 0) is 25.8 Å². The highest BCUT2D eigenvalue weighted by Gasteiger charge is 2.21. The minimum absolute atomic E-state index is 1.11. The van der Waals surface area contributed by atoms with Gasteiger partial charge in [0.1, 0.15) is 0 Å². The number of aromatic nitrogens is 1. The van der Waals surface area contributed by atoms with Crippen LogP contribution in [0, 0.1) is 0 Å². The molecule has 0 saturated heterocycles. The minimum Gasteiger partial charge on any atom is -0.303 e. The van der Waals surface area contributed by atoms with Gasteiger partial charge in [-0.05, 0) is 49.9 Å². The number of pyridine rings is 1. The van der Waals surface area contributed by atoms with Crippen molar-refractivity contribution in [2.45, 2.75) is 52.5 Å². The second kappa shape index (κ2) is 6.89. The van der Waals surface area contributed by atoms with Gasteiger partial charge in [-0.15, -0.1) is 0 Å². The van der Waals surface area contributed by atoms with Crippen molar-refractivity contribution in [2.24, 2.45) is 0 Å². The van der Waals surface area contributed by atoms with Crippen LogP contribution in [0.1, 0.15) is 49.2 Å². The van der Waals surface area contributed by atoms with E-state index in [9.17, 15) is 0 Å². The van der Waals surface area contributed by atoms with Crippen LogP contribution >= 0.6 is 0 Å². The molecule has 0 radical (unpaired) electrons. The Morgan fingerprint density at radius 2 is 1.81 bits per heavy atom. The van der Waals surface area contributed by atoms with E-state index in [2.05, 4.69) is 29.7 Å². The number of aryl methyl sites for hydroxylation is 2. The van der Waals surface area contributed by atoms with E-state index in [4.69, 9.17) is 4.98 Å². The third kappa shape index (κ3) is 3.46. The summed E-state index contributed by atoms with van der Waals surface area (Å²) in [5, 5.41) is 0. The van der Waals surface area contributed by atoms with Crippen molar-refractivity contribution in [3.05, 3.63) is 28.6 Å². The van der Waals surface area contributed by atoms with E-state index in [0.29, 0.717) is 0 Å². The average molecular weight is 287 g/mol. The van der Waals surface area contributed by atoms with E-state index in [1.54, 1.807) is 0 Å². The highest BCUT2D eigenvalue weighted by molar-refractivity contribution is 5.33.